The van der Waals surface area contributed by atoms with Crippen molar-refractivity contribution >= 4 is 11.6 Å². The molecule has 0 saturated heterocycles. The van der Waals surface area contributed by atoms with Crippen molar-refractivity contribution in [3.8, 4) is 16.9 Å². The molecule has 0 amide bonds. The zero-order valence-electron chi connectivity index (χ0n) is 18.5. The summed E-state index contributed by atoms with van der Waals surface area (Å²) in [4.78, 5) is 0. The van der Waals surface area contributed by atoms with Gasteiger partial charge in [-0.05, 0) is 79.5 Å². The predicted octanol–water partition coefficient (Wildman–Crippen LogP) is 8.60. The quantitative estimate of drug-likeness (QED) is 0.292. The van der Waals surface area contributed by atoms with Crippen LogP contribution in [0.4, 0.5) is 0 Å². The van der Waals surface area contributed by atoms with Crippen LogP contribution in [-0.2, 0) is 19.4 Å². The van der Waals surface area contributed by atoms with Crippen molar-refractivity contribution in [2.24, 2.45) is 0 Å². The summed E-state index contributed by atoms with van der Waals surface area (Å²) in [6, 6.07) is 23.3. The molecule has 0 aliphatic rings. The van der Waals surface area contributed by atoms with E-state index in [2.05, 4.69) is 92.7 Å². The monoisotopic (exact) mass is 430 g/mol. The molecule has 0 spiro atoms. The molecule has 0 N–H and O–H groups in total. The van der Waals surface area contributed by atoms with Gasteiger partial charge in [-0.2, -0.15) is 0 Å². The predicted molar refractivity (Wildman–Crippen MR) is 134 cm³/mol. The Balaban J connectivity index is 1.58. The average Bonchev–Trinajstić information content (AvgIpc) is 2.80. The highest BCUT2D eigenvalue weighted by molar-refractivity contribution is 6.32. The molecular formula is C29H31ClO. The minimum Gasteiger partial charge on any atom is -0.487 e. The van der Waals surface area contributed by atoms with Gasteiger partial charge in [0, 0.05) is 0 Å². The van der Waals surface area contributed by atoms with Gasteiger partial charge in [0.2, 0.25) is 0 Å². The van der Waals surface area contributed by atoms with Crippen molar-refractivity contribution in [1.82, 2.24) is 0 Å². The van der Waals surface area contributed by atoms with E-state index in [0.717, 1.165) is 42.4 Å². The third kappa shape index (κ3) is 7.15. The summed E-state index contributed by atoms with van der Waals surface area (Å²) in [7, 11) is 0. The highest BCUT2D eigenvalue weighted by Crippen LogP contribution is 2.31. The Morgan fingerprint density at radius 2 is 1.19 bits per heavy atom. The van der Waals surface area contributed by atoms with Gasteiger partial charge in [-0.25, -0.2) is 0 Å². The van der Waals surface area contributed by atoms with Crippen LogP contribution in [0.5, 0.6) is 5.75 Å². The van der Waals surface area contributed by atoms with E-state index in [1.165, 1.54) is 11.1 Å². The highest BCUT2D eigenvalue weighted by atomic mass is 35.5. The van der Waals surface area contributed by atoms with E-state index in [1.807, 2.05) is 12.1 Å². The van der Waals surface area contributed by atoms with Gasteiger partial charge in [-0.1, -0.05) is 90.5 Å². The second kappa shape index (κ2) is 12.2. The third-order valence-corrected chi connectivity index (χ3v) is 5.60. The average molecular weight is 431 g/mol. The van der Waals surface area contributed by atoms with E-state index in [-0.39, 0.29) is 0 Å². The summed E-state index contributed by atoms with van der Waals surface area (Å²) in [6.45, 7) is 4.62. The number of allylic oxidation sites excluding steroid dienone is 4. The van der Waals surface area contributed by atoms with Crippen LogP contribution in [0.3, 0.4) is 0 Å². The maximum atomic E-state index is 6.52. The molecule has 0 radical (unpaired) electrons. The normalized spacial score (nSPS) is 11.5. The molecule has 0 unspecified atom stereocenters. The van der Waals surface area contributed by atoms with E-state index < -0.39 is 0 Å². The topological polar surface area (TPSA) is 9.23 Å². The molecule has 31 heavy (non-hydrogen) atoms. The third-order valence-electron chi connectivity index (χ3n) is 5.31. The van der Waals surface area contributed by atoms with Gasteiger partial charge in [-0.15, -0.1) is 0 Å². The molecule has 0 heterocycles. The van der Waals surface area contributed by atoms with Crippen LogP contribution in [0.1, 0.15) is 43.4 Å². The van der Waals surface area contributed by atoms with Crippen LogP contribution in [0, 0.1) is 0 Å². The number of rotatable bonds is 10. The van der Waals surface area contributed by atoms with Crippen LogP contribution < -0.4 is 4.74 Å². The van der Waals surface area contributed by atoms with Crippen molar-refractivity contribution in [2.75, 3.05) is 0 Å². The van der Waals surface area contributed by atoms with Gasteiger partial charge in [-0.3, -0.25) is 0 Å². The fourth-order valence-corrected chi connectivity index (χ4v) is 3.69. The molecule has 3 aromatic rings. The largest absolute Gasteiger partial charge is 0.487 e. The number of halogens is 1. The number of benzene rings is 3. The highest BCUT2D eigenvalue weighted by Gasteiger charge is 2.06. The minimum atomic E-state index is 0.509. The van der Waals surface area contributed by atoms with E-state index in [1.54, 1.807) is 0 Å². The van der Waals surface area contributed by atoms with Gasteiger partial charge in [0.05, 0.1) is 5.02 Å². The van der Waals surface area contributed by atoms with Crippen molar-refractivity contribution in [3.05, 3.63) is 113 Å². The fourth-order valence-electron chi connectivity index (χ4n) is 3.46. The molecule has 3 aromatic carbocycles. The zero-order valence-corrected chi connectivity index (χ0v) is 19.2. The lowest BCUT2D eigenvalue weighted by Crippen LogP contribution is -1.96. The first kappa shape index (κ1) is 22.9. The molecular weight excluding hydrogens is 400 g/mol. The first-order chi connectivity index (χ1) is 15.2. The van der Waals surface area contributed by atoms with Crippen molar-refractivity contribution in [1.29, 1.82) is 0 Å². The van der Waals surface area contributed by atoms with Crippen LogP contribution in [0.2, 0.25) is 5.02 Å². The summed E-state index contributed by atoms with van der Waals surface area (Å²) in [6.07, 6.45) is 12.9. The van der Waals surface area contributed by atoms with E-state index in [0.29, 0.717) is 17.4 Å². The smallest absolute Gasteiger partial charge is 0.138 e. The molecule has 0 bridgehead atoms. The summed E-state index contributed by atoms with van der Waals surface area (Å²) >= 11 is 6.52. The van der Waals surface area contributed by atoms with Crippen LogP contribution in [0.15, 0.2) is 91.0 Å². The SMILES string of the molecule is C/C=C/CCc1ccc(COc2ccc(-c3ccc(CC/C=C/C)cc3)cc2Cl)cc1. The van der Waals surface area contributed by atoms with Crippen LogP contribution in [0.25, 0.3) is 11.1 Å². The summed E-state index contributed by atoms with van der Waals surface area (Å²) in [5, 5.41) is 0.637. The van der Waals surface area contributed by atoms with Gasteiger partial charge >= 0.3 is 0 Å². The second-order valence-corrected chi connectivity index (χ2v) is 8.07. The Kier molecular flexibility index (Phi) is 8.99. The molecule has 2 heteroatoms. The van der Waals surface area contributed by atoms with Gasteiger partial charge < -0.3 is 4.74 Å². The molecule has 0 aromatic heterocycles. The number of hydrogen-bond donors (Lipinski definition) is 0. The van der Waals surface area contributed by atoms with Crippen LogP contribution in [-0.4, -0.2) is 0 Å². The number of ether oxygens (including phenoxy) is 1. The molecule has 0 aliphatic heterocycles. The molecule has 0 atom stereocenters. The Labute approximate surface area is 192 Å². The molecule has 1 nitrogen and oxygen atoms in total. The van der Waals surface area contributed by atoms with Gasteiger partial charge in [0.1, 0.15) is 12.4 Å². The lowest BCUT2D eigenvalue weighted by Gasteiger charge is -2.11. The Morgan fingerprint density at radius 1 is 0.677 bits per heavy atom. The van der Waals surface area contributed by atoms with Gasteiger partial charge in [0.25, 0.3) is 0 Å². The minimum absolute atomic E-state index is 0.509. The maximum Gasteiger partial charge on any atom is 0.138 e. The van der Waals surface area contributed by atoms with Crippen molar-refractivity contribution < 1.29 is 4.74 Å². The van der Waals surface area contributed by atoms with E-state index in [9.17, 15) is 0 Å². The summed E-state index contributed by atoms with van der Waals surface area (Å²) in [5.74, 6) is 0.713. The molecule has 160 valence electrons. The zero-order chi connectivity index (χ0) is 21.9. The Bertz CT molecular complexity index is 998. The molecule has 0 saturated carbocycles. The van der Waals surface area contributed by atoms with Crippen LogP contribution >= 0.6 is 11.6 Å². The second-order valence-electron chi connectivity index (χ2n) is 7.66. The fraction of sp³-hybridized carbons (Fsp3) is 0.241. The molecule has 0 aliphatic carbocycles. The maximum absolute atomic E-state index is 6.52. The lowest BCUT2D eigenvalue weighted by atomic mass is 10.0. The molecule has 0 fully saturated rings. The van der Waals surface area contributed by atoms with E-state index >= 15 is 0 Å². The van der Waals surface area contributed by atoms with Gasteiger partial charge in [0.15, 0.2) is 0 Å². The first-order valence-corrected chi connectivity index (χ1v) is 11.4. The summed E-state index contributed by atoms with van der Waals surface area (Å²) in [5.41, 5.74) is 6.10. The first-order valence-electron chi connectivity index (χ1n) is 11.0. The van der Waals surface area contributed by atoms with Crippen molar-refractivity contribution in [2.45, 2.75) is 46.1 Å². The standard InChI is InChI=1S/C29H31ClO/c1-3-5-7-9-23-11-13-25(14-12-23)22-31-29-20-19-27(21-28(29)30)26-17-15-24(16-18-26)10-8-6-4-2/h3-6,11-21H,7-10,22H2,1-2H3/b5-3+,6-4+. The van der Waals surface area contributed by atoms with Crippen molar-refractivity contribution in [3.63, 3.8) is 0 Å². The Hall–Kier alpha value is -2.77. The Morgan fingerprint density at radius 3 is 1.74 bits per heavy atom. The summed E-state index contributed by atoms with van der Waals surface area (Å²) < 4.78 is 5.98. The van der Waals surface area contributed by atoms with E-state index in [4.69, 9.17) is 16.3 Å². The lowest BCUT2D eigenvalue weighted by molar-refractivity contribution is 0.306. The molecule has 3 rings (SSSR count). The number of hydrogen-bond acceptors (Lipinski definition) is 1. The number of aryl methyl sites for hydroxylation is 2.